The topological polar surface area (TPSA) is 88.1 Å². The summed E-state index contributed by atoms with van der Waals surface area (Å²) in [6.07, 6.45) is 3.99. The van der Waals surface area contributed by atoms with E-state index in [0.29, 0.717) is 11.3 Å². The van der Waals surface area contributed by atoms with Gasteiger partial charge in [-0.2, -0.15) is 0 Å². The molecule has 1 aromatic rings. The molecule has 1 N–H and O–H groups in total. The van der Waals surface area contributed by atoms with Gasteiger partial charge < -0.3 is 15.0 Å². The maximum absolute atomic E-state index is 13.4. The molecule has 7 nitrogen and oxygen atoms in total. The van der Waals surface area contributed by atoms with E-state index in [-0.39, 0.29) is 38.1 Å². The van der Waals surface area contributed by atoms with Crippen LogP contribution in [0.2, 0.25) is 0 Å². The van der Waals surface area contributed by atoms with Crippen LogP contribution in [0, 0.1) is 11.7 Å². The van der Waals surface area contributed by atoms with E-state index in [2.05, 4.69) is 10.3 Å². The molecule has 1 atom stereocenters. The first kappa shape index (κ1) is 16.8. The summed E-state index contributed by atoms with van der Waals surface area (Å²) in [6, 6.07) is 4.11. The number of carbonyl (C=O) groups is 3. The van der Waals surface area contributed by atoms with Gasteiger partial charge >= 0.3 is 0 Å². The number of nitrogens with one attached hydrogen (secondary N) is 1. The third-order valence-corrected chi connectivity index (χ3v) is 3.88. The molecule has 0 aromatic heterocycles. The number of benzene rings is 1. The number of aliphatic imine (C=N–C) groups is 1. The van der Waals surface area contributed by atoms with Crippen LogP contribution < -0.4 is 10.1 Å². The van der Waals surface area contributed by atoms with Crippen LogP contribution in [0.25, 0.3) is 0 Å². The minimum absolute atomic E-state index is 0.132. The highest BCUT2D eigenvalue weighted by molar-refractivity contribution is 6.05. The second-order valence-electron chi connectivity index (χ2n) is 5.65. The highest BCUT2D eigenvalue weighted by Gasteiger charge is 2.22. The summed E-state index contributed by atoms with van der Waals surface area (Å²) in [4.78, 5) is 40.1. The van der Waals surface area contributed by atoms with Crippen molar-refractivity contribution in [1.29, 1.82) is 0 Å². The fraction of sp³-hybridized carbons (Fsp3) is 0.294. The van der Waals surface area contributed by atoms with Gasteiger partial charge in [-0.1, -0.05) is 6.08 Å². The number of rotatable bonds is 4. The summed E-state index contributed by atoms with van der Waals surface area (Å²) in [5.41, 5.74) is 0.582. The first-order chi connectivity index (χ1) is 12.0. The zero-order valence-corrected chi connectivity index (χ0v) is 13.3. The second kappa shape index (κ2) is 7.25. The molecule has 8 heteroatoms. The molecule has 0 fully saturated rings. The molecule has 130 valence electrons. The van der Waals surface area contributed by atoms with Crippen molar-refractivity contribution >= 4 is 23.9 Å². The molecule has 2 heterocycles. The molecule has 3 amide bonds. The lowest BCUT2D eigenvalue weighted by Gasteiger charge is -2.20. The molecule has 1 unspecified atom stereocenters. The Bertz CT molecular complexity index is 759. The highest BCUT2D eigenvalue weighted by Crippen LogP contribution is 2.24. The zero-order chi connectivity index (χ0) is 17.8. The van der Waals surface area contributed by atoms with Crippen LogP contribution in [0.1, 0.15) is 5.56 Å². The van der Waals surface area contributed by atoms with Crippen molar-refractivity contribution in [1.82, 2.24) is 10.2 Å². The molecule has 2 aliphatic rings. The largest absolute Gasteiger partial charge is 0.483 e. The van der Waals surface area contributed by atoms with Gasteiger partial charge in [0.2, 0.25) is 5.91 Å². The van der Waals surface area contributed by atoms with Gasteiger partial charge in [0.15, 0.2) is 6.61 Å². The Hall–Kier alpha value is -3.03. The van der Waals surface area contributed by atoms with Crippen molar-refractivity contribution in [2.24, 2.45) is 10.9 Å². The number of ether oxygens (including phenoxy) is 1. The second-order valence-corrected chi connectivity index (χ2v) is 5.65. The Morgan fingerprint density at radius 3 is 3.00 bits per heavy atom. The van der Waals surface area contributed by atoms with E-state index in [4.69, 9.17) is 4.74 Å². The predicted octanol–water partition coefficient (Wildman–Crippen LogP) is 0.446. The van der Waals surface area contributed by atoms with E-state index in [0.717, 1.165) is 0 Å². The maximum Gasteiger partial charge on any atom is 0.269 e. The van der Waals surface area contributed by atoms with Crippen molar-refractivity contribution in [2.75, 3.05) is 19.7 Å². The van der Waals surface area contributed by atoms with Crippen molar-refractivity contribution in [3.05, 3.63) is 41.7 Å². The lowest BCUT2D eigenvalue weighted by atomic mass is 10.1. The fourth-order valence-corrected chi connectivity index (χ4v) is 2.56. The third kappa shape index (κ3) is 4.09. The van der Waals surface area contributed by atoms with Gasteiger partial charge in [-0.15, -0.1) is 0 Å². The van der Waals surface area contributed by atoms with Gasteiger partial charge in [0, 0.05) is 37.5 Å². The number of fused-ring (bicyclic) bond motifs is 1. The van der Waals surface area contributed by atoms with Crippen LogP contribution >= 0.6 is 0 Å². The molecule has 1 aromatic carbocycles. The number of halogens is 1. The SMILES string of the molecule is O=C1C=CC(C(=O)NCCN2Cc3cc(F)ccc3OCC2=O)C=N1. The smallest absolute Gasteiger partial charge is 0.269 e. The Morgan fingerprint density at radius 1 is 1.40 bits per heavy atom. The molecule has 2 aliphatic heterocycles. The Balaban J connectivity index is 1.56. The number of hydrogen-bond donors (Lipinski definition) is 1. The lowest BCUT2D eigenvalue weighted by Crippen LogP contribution is -2.41. The van der Waals surface area contributed by atoms with Gasteiger partial charge in [0.25, 0.3) is 11.8 Å². The number of amides is 3. The monoisotopic (exact) mass is 345 g/mol. The Labute approximate surface area is 143 Å². The van der Waals surface area contributed by atoms with E-state index in [1.807, 2.05) is 0 Å². The van der Waals surface area contributed by atoms with Crippen LogP contribution in [0.3, 0.4) is 0 Å². The first-order valence-electron chi connectivity index (χ1n) is 7.76. The van der Waals surface area contributed by atoms with Gasteiger partial charge in [-0.05, 0) is 18.2 Å². The molecular formula is C17H16FN3O4. The minimum atomic E-state index is -0.601. The number of nitrogens with zero attached hydrogens (tertiary/aromatic N) is 2. The van der Waals surface area contributed by atoms with Gasteiger partial charge in [0.05, 0.1) is 5.92 Å². The molecule has 0 bridgehead atoms. The van der Waals surface area contributed by atoms with Gasteiger partial charge in [0.1, 0.15) is 11.6 Å². The van der Waals surface area contributed by atoms with Gasteiger partial charge in [-0.3, -0.25) is 14.4 Å². The first-order valence-corrected chi connectivity index (χ1v) is 7.76. The van der Waals surface area contributed by atoms with E-state index < -0.39 is 17.6 Å². The number of hydrogen-bond acceptors (Lipinski definition) is 4. The predicted molar refractivity (Wildman–Crippen MR) is 86.5 cm³/mol. The standard InChI is InChI=1S/C17H16FN3O4/c18-13-2-3-14-12(7-13)9-21(16(23)10-25-14)6-5-19-17(24)11-1-4-15(22)20-8-11/h1-4,7-8,11H,5-6,9-10H2,(H,19,24). The molecule has 0 aliphatic carbocycles. The van der Waals surface area contributed by atoms with Crippen molar-refractivity contribution in [3.63, 3.8) is 0 Å². The normalized spacial score (nSPS) is 19.2. The van der Waals surface area contributed by atoms with E-state index in [1.54, 1.807) is 0 Å². The molecule has 0 radical (unpaired) electrons. The zero-order valence-electron chi connectivity index (χ0n) is 13.3. The van der Waals surface area contributed by atoms with Crippen LogP contribution in [0.4, 0.5) is 4.39 Å². The van der Waals surface area contributed by atoms with Crippen LogP contribution in [-0.2, 0) is 20.9 Å². The molecule has 25 heavy (non-hydrogen) atoms. The van der Waals surface area contributed by atoms with Crippen LogP contribution in [0.5, 0.6) is 5.75 Å². The molecule has 0 saturated heterocycles. The van der Waals surface area contributed by atoms with Crippen molar-refractivity contribution in [2.45, 2.75) is 6.54 Å². The molecule has 3 rings (SSSR count). The van der Waals surface area contributed by atoms with Crippen molar-refractivity contribution < 1.29 is 23.5 Å². The maximum atomic E-state index is 13.4. The van der Waals surface area contributed by atoms with Crippen molar-refractivity contribution in [3.8, 4) is 5.75 Å². The molecule has 0 spiro atoms. The summed E-state index contributed by atoms with van der Waals surface area (Å²) in [7, 11) is 0. The summed E-state index contributed by atoms with van der Waals surface area (Å²) in [5.74, 6) is -1.47. The summed E-state index contributed by atoms with van der Waals surface area (Å²) in [6.45, 7) is 0.561. The summed E-state index contributed by atoms with van der Waals surface area (Å²) in [5, 5.41) is 2.69. The average molecular weight is 345 g/mol. The Kier molecular flexibility index (Phi) is 4.87. The number of dihydropyridines is 1. The minimum Gasteiger partial charge on any atom is -0.483 e. The number of carbonyl (C=O) groups excluding carboxylic acids is 3. The quantitative estimate of drug-likeness (QED) is 0.858. The highest BCUT2D eigenvalue weighted by atomic mass is 19.1. The lowest BCUT2D eigenvalue weighted by molar-refractivity contribution is -0.133. The van der Waals surface area contributed by atoms with E-state index in [9.17, 15) is 18.8 Å². The molecule has 0 saturated carbocycles. The van der Waals surface area contributed by atoms with E-state index in [1.165, 1.54) is 41.5 Å². The summed E-state index contributed by atoms with van der Waals surface area (Å²) >= 11 is 0. The third-order valence-electron chi connectivity index (χ3n) is 3.88. The van der Waals surface area contributed by atoms with Gasteiger partial charge in [-0.25, -0.2) is 9.38 Å². The van der Waals surface area contributed by atoms with Crippen LogP contribution in [-0.4, -0.2) is 48.5 Å². The fourth-order valence-electron chi connectivity index (χ4n) is 2.56. The summed E-state index contributed by atoms with van der Waals surface area (Å²) < 4.78 is 18.8. The van der Waals surface area contributed by atoms with Crippen LogP contribution in [0.15, 0.2) is 35.3 Å². The molecular weight excluding hydrogens is 329 g/mol. The average Bonchev–Trinajstić information content (AvgIpc) is 2.74. The van der Waals surface area contributed by atoms with E-state index >= 15 is 0 Å². The Morgan fingerprint density at radius 2 is 2.24 bits per heavy atom.